The zero-order valence-electron chi connectivity index (χ0n) is 23.8. The van der Waals surface area contributed by atoms with Crippen LogP contribution in [0.1, 0.15) is 32.8 Å². The Labute approximate surface area is 238 Å². The molecule has 0 radical (unpaired) electrons. The Balaban J connectivity index is 1.88. The summed E-state index contributed by atoms with van der Waals surface area (Å²) < 4.78 is 34.5. The van der Waals surface area contributed by atoms with Crippen LogP contribution in [0.3, 0.4) is 0 Å². The average Bonchev–Trinajstić information content (AvgIpc) is 2.90. The number of piperazine rings is 1. The number of sulfonamides is 1. The van der Waals surface area contributed by atoms with Gasteiger partial charge in [0.2, 0.25) is 15.9 Å². The van der Waals surface area contributed by atoms with Crippen LogP contribution in [0.4, 0.5) is 5.69 Å². The molecule has 0 saturated carbocycles. The summed E-state index contributed by atoms with van der Waals surface area (Å²) in [5, 5.41) is 10.9. The highest BCUT2D eigenvalue weighted by Gasteiger charge is 2.43. The van der Waals surface area contributed by atoms with Gasteiger partial charge in [0.25, 0.3) is 5.69 Å². The fourth-order valence-electron chi connectivity index (χ4n) is 4.25. The van der Waals surface area contributed by atoms with Crippen molar-refractivity contribution in [2.75, 3.05) is 19.6 Å². The Kier molecular flexibility index (Phi) is 9.88. The van der Waals surface area contributed by atoms with Gasteiger partial charge in [-0.25, -0.2) is 8.42 Å². The van der Waals surface area contributed by atoms with E-state index in [1.54, 1.807) is 11.0 Å². The maximum atomic E-state index is 13.5. The lowest BCUT2D eigenvalue weighted by atomic mass is 10.0. The van der Waals surface area contributed by atoms with E-state index < -0.39 is 29.4 Å². The summed E-state index contributed by atoms with van der Waals surface area (Å²) in [5.41, 5.74) is 0.803. The minimum atomic E-state index is -4.01. The SMILES string of the molecule is C=CC[C@H]([C@@H](C=Cc1ccccc1)O[Si](C)(C)C(C)(C)C)N1CCN(S(=O)(=O)c2ccc([N+](=O)[O-])cc2)CC1=O. The summed E-state index contributed by atoms with van der Waals surface area (Å²) in [7, 11) is -6.27. The van der Waals surface area contributed by atoms with Gasteiger partial charge in [-0.2, -0.15) is 4.31 Å². The van der Waals surface area contributed by atoms with Crippen molar-refractivity contribution in [3.05, 3.63) is 89.0 Å². The number of carbonyl (C=O) groups is 1. The van der Waals surface area contributed by atoms with Gasteiger partial charge in [0.05, 0.1) is 28.5 Å². The van der Waals surface area contributed by atoms with Gasteiger partial charge in [0, 0.05) is 25.2 Å². The Hall–Kier alpha value is -3.12. The van der Waals surface area contributed by atoms with E-state index in [-0.39, 0.29) is 47.2 Å². The number of hydrogen-bond acceptors (Lipinski definition) is 6. The van der Waals surface area contributed by atoms with E-state index in [0.29, 0.717) is 6.42 Å². The molecule has 0 spiro atoms. The van der Waals surface area contributed by atoms with Crippen molar-refractivity contribution >= 4 is 36.0 Å². The molecule has 9 nitrogen and oxygen atoms in total. The Bertz CT molecular complexity index is 1340. The van der Waals surface area contributed by atoms with Crippen molar-refractivity contribution < 1.29 is 22.6 Å². The summed E-state index contributed by atoms with van der Waals surface area (Å²) in [6, 6.07) is 14.2. The van der Waals surface area contributed by atoms with Gasteiger partial charge in [-0.1, -0.05) is 69.3 Å². The molecule has 2 atom stereocenters. The van der Waals surface area contributed by atoms with Crippen molar-refractivity contribution in [2.45, 2.75) is 62.4 Å². The molecule has 2 aromatic carbocycles. The summed E-state index contributed by atoms with van der Waals surface area (Å²) in [6.07, 6.45) is 5.79. The van der Waals surface area contributed by atoms with Gasteiger partial charge in [0.1, 0.15) is 0 Å². The zero-order valence-corrected chi connectivity index (χ0v) is 25.6. The van der Waals surface area contributed by atoms with Gasteiger partial charge >= 0.3 is 0 Å². The van der Waals surface area contributed by atoms with Crippen LogP contribution in [-0.2, 0) is 19.2 Å². The van der Waals surface area contributed by atoms with Crippen LogP contribution in [0, 0.1) is 10.1 Å². The monoisotopic (exact) mass is 585 g/mol. The van der Waals surface area contributed by atoms with Crippen LogP contribution >= 0.6 is 0 Å². The number of rotatable bonds is 11. The summed E-state index contributed by atoms with van der Waals surface area (Å²) in [4.78, 5) is 25.5. The van der Waals surface area contributed by atoms with Crippen LogP contribution in [0.15, 0.2) is 78.2 Å². The number of carbonyl (C=O) groups excluding carboxylic acids is 1. The fraction of sp³-hybridized carbons (Fsp3) is 0.414. The standard InChI is InChI=1S/C29H39N3O6SSi/c1-7-11-26(27(38-40(5,6)29(2,3)4)19-14-23-12-9-8-10-13-23)31-21-20-30(22-28(31)33)39(36,37)25-17-15-24(16-18-25)32(34)35/h7-10,12-19,26-27H,1,11,20-22H2,2-6H3/t26-,27-/m1/s1. The molecule has 0 bridgehead atoms. The van der Waals surface area contributed by atoms with Crippen LogP contribution in [0.25, 0.3) is 6.08 Å². The molecular formula is C29H39N3O6SSi. The third-order valence-corrected chi connectivity index (χ3v) is 13.9. The number of non-ortho nitro benzene ring substituents is 1. The zero-order chi connectivity index (χ0) is 29.7. The summed E-state index contributed by atoms with van der Waals surface area (Å²) in [6.45, 7) is 14.7. The Morgan fingerprint density at radius 3 is 2.25 bits per heavy atom. The van der Waals surface area contributed by atoms with Crippen molar-refractivity contribution in [1.82, 2.24) is 9.21 Å². The summed E-state index contributed by atoms with van der Waals surface area (Å²) in [5.74, 6) is -0.333. The highest BCUT2D eigenvalue weighted by Crippen LogP contribution is 2.38. The predicted octanol–water partition coefficient (Wildman–Crippen LogP) is 5.48. The molecule has 216 valence electrons. The maximum absolute atomic E-state index is 13.5. The maximum Gasteiger partial charge on any atom is 0.269 e. The van der Waals surface area contributed by atoms with Gasteiger partial charge in [-0.05, 0) is 42.2 Å². The van der Waals surface area contributed by atoms with E-state index in [0.717, 1.165) is 22.0 Å². The number of amides is 1. The lowest BCUT2D eigenvalue weighted by Gasteiger charge is -2.45. The molecule has 0 aromatic heterocycles. The first-order valence-corrected chi connectivity index (χ1v) is 17.6. The molecule has 1 amide bonds. The third-order valence-electron chi connectivity index (χ3n) is 7.61. The third kappa shape index (κ3) is 7.33. The molecular weight excluding hydrogens is 546 g/mol. The van der Waals surface area contributed by atoms with Crippen LogP contribution in [-0.4, -0.2) is 68.6 Å². The lowest BCUT2D eigenvalue weighted by Crippen LogP contribution is -2.59. The highest BCUT2D eigenvalue weighted by atomic mass is 32.2. The smallest absolute Gasteiger partial charge is 0.269 e. The number of benzene rings is 2. The van der Waals surface area contributed by atoms with Crippen LogP contribution in [0.5, 0.6) is 0 Å². The Morgan fingerprint density at radius 1 is 1.10 bits per heavy atom. The molecule has 0 N–H and O–H groups in total. The topological polar surface area (TPSA) is 110 Å². The Morgan fingerprint density at radius 2 is 1.73 bits per heavy atom. The fourth-order valence-corrected chi connectivity index (χ4v) is 6.90. The molecule has 1 fully saturated rings. The second-order valence-electron chi connectivity index (χ2n) is 11.4. The molecule has 1 heterocycles. The van der Waals surface area contributed by atoms with E-state index in [9.17, 15) is 23.3 Å². The van der Waals surface area contributed by atoms with E-state index in [1.807, 2.05) is 42.5 Å². The van der Waals surface area contributed by atoms with Gasteiger partial charge < -0.3 is 9.33 Å². The minimum absolute atomic E-state index is 0.0634. The lowest BCUT2D eigenvalue weighted by molar-refractivity contribution is -0.384. The molecule has 1 saturated heterocycles. The summed E-state index contributed by atoms with van der Waals surface area (Å²) >= 11 is 0. The minimum Gasteiger partial charge on any atom is -0.408 e. The number of nitrogens with zero attached hydrogens (tertiary/aromatic N) is 3. The second kappa shape index (κ2) is 12.6. The van der Waals surface area contributed by atoms with Crippen molar-refractivity contribution in [3.63, 3.8) is 0 Å². The molecule has 0 aliphatic carbocycles. The first-order valence-electron chi connectivity index (χ1n) is 13.2. The van der Waals surface area contributed by atoms with E-state index in [2.05, 4.69) is 40.4 Å². The van der Waals surface area contributed by atoms with Gasteiger partial charge in [-0.3, -0.25) is 14.9 Å². The molecule has 1 aliphatic heterocycles. The van der Waals surface area contributed by atoms with Gasteiger partial charge in [0.15, 0.2) is 8.32 Å². The van der Waals surface area contributed by atoms with Crippen molar-refractivity contribution in [2.24, 2.45) is 0 Å². The van der Waals surface area contributed by atoms with Gasteiger partial charge in [-0.15, -0.1) is 6.58 Å². The second-order valence-corrected chi connectivity index (χ2v) is 18.1. The normalized spacial score (nSPS) is 17.1. The molecule has 1 aliphatic rings. The van der Waals surface area contributed by atoms with Crippen molar-refractivity contribution in [1.29, 1.82) is 0 Å². The molecule has 2 aromatic rings. The quantitative estimate of drug-likeness (QED) is 0.150. The largest absolute Gasteiger partial charge is 0.408 e. The molecule has 40 heavy (non-hydrogen) atoms. The molecule has 0 unspecified atom stereocenters. The van der Waals surface area contributed by atoms with Crippen LogP contribution < -0.4 is 0 Å². The number of nitro benzene ring substituents is 1. The van der Waals surface area contributed by atoms with E-state index >= 15 is 0 Å². The van der Waals surface area contributed by atoms with E-state index in [4.69, 9.17) is 4.43 Å². The van der Waals surface area contributed by atoms with Crippen molar-refractivity contribution in [3.8, 4) is 0 Å². The van der Waals surface area contributed by atoms with Crippen LogP contribution in [0.2, 0.25) is 18.1 Å². The average molecular weight is 586 g/mol. The predicted molar refractivity (Wildman–Crippen MR) is 160 cm³/mol. The number of nitro groups is 1. The first-order chi connectivity index (χ1) is 18.7. The van der Waals surface area contributed by atoms with E-state index in [1.165, 1.54) is 12.1 Å². The first kappa shape index (κ1) is 31.4. The molecule has 11 heteroatoms. The number of hydrogen-bond donors (Lipinski definition) is 0. The highest BCUT2D eigenvalue weighted by molar-refractivity contribution is 7.89. The molecule has 3 rings (SSSR count).